The summed E-state index contributed by atoms with van der Waals surface area (Å²) < 4.78 is 79.8. The Balaban J connectivity index is 2.10. The third-order valence-electron chi connectivity index (χ3n) is 8.13. The fourth-order valence-corrected chi connectivity index (χ4v) is 6.75. The van der Waals surface area contributed by atoms with Crippen LogP contribution in [0.2, 0.25) is 0 Å². The average molecular weight is 503 g/mol. The normalized spacial score (nSPS) is 39.8. The van der Waals surface area contributed by atoms with E-state index in [0.717, 1.165) is 0 Å². The van der Waals surface area contributed by atoms with E-state index in [1.807, 2.05) is 0 Å². The molecule has 1 heterocycles. The highest BCUT2D eigenvalue weighted by molar-refractivity contribution is 7.87. The number of aliphatic hydroxyl groups is 3. The van der Waals surface area contributed by atoms with Crippen LogP contribution in [0.1, 0.15) is 53.4 Å². The van der Waals surface area contributed by atoms with Crippen molar-refractivity contribution >= 4 is 10.1 Å². The summed E-state index contributed by atoms with van der Waals surface area (Å²) in [4.78, 5) is 0. The van der Waals surface area contributed by atoms with Crippen LogP contribution in [-0.4, -0.2) is 67.1 Å². The van der Waals surface area contributed by atoms with Crippen molar-refractivity contribution in [2.75, 3.05) is 20.0 Å². The second kappa shape index (κ2) is 8.63. The Kier molecular flexibility index (Phi) is 6.98. The highest BCUT2D eigenvalue weighted by atomic mass is 32.2. The molecule has 0 amide bonds. The Bertz CT molecular complexity index is 886. The van der Waals surface area contributed by atoms with Crippen LogP contribution >= 0.6 is 0 Å². The van der Waals surface area contributed by atoms with Gasteiger partial charge < -0.3 is 29.0 Å². The molecule has 0 bridgehead atoms. The molecule has 1 aliphatic heterocycles. The summed E-state index contributed by atoms with van der Waals surface area (Å²) in [5.74, 6) is -1.35. The predicted octanol–water partition coefficient (Wildman–Crippen LogP) is 2.44. The Morgan fingerprint density at radius 2 is 1.82 bits per heavy atom. The van der Waals surface area contributed by atoms with Crippen molar-refractivity contribution in [3.63, 3.8) is 0 Å². The summed E-state index contributed by atoms with van der Waals surface area (Å²) in [5, 5.41) is 31.1. The van der Waals surface area contributed by atoms with Gasteiger partial charge in [0, 0.05) is 17.9 Å². The highest BCUT2D eigenvalue weighted by Gasteiger charge is 2.67. The Labute approximate surface area is 191 Å². The molecule has 1 saturated carbocycles. The lowest BCUT2D eigenvalue weighted by molar-refractivity contribution is -0.178. The van der Waals surface area contributed by atoms with E-state index in [0.29, 0.717) is 24.8 Å². The van der Waals surface area contributed by atoms with E-state index in [1.54, 1.807) is 20.8 Å². The number of hydrogen-bond donors (Lipinski definition) is 3. The Morgan fingerprint density at radius 3 is 2.36 bits per heavy atom. The van der Waals surface area contributed by atoms with Crippen molar-refractivity contribution in [3.05, 3.63) is 11.3 Å². The average Bonchev–Trinajstić information content (AvgIpc) is 3.14. The summed E-state index contributed by atoms with van der Waals surface area (Å²) in [6.07, 6.45) is -0.448. The molecule has 0 aromatic heterocycles. The topological polar surface area (TPSA) is 123 Å². The molecule has 2 aliphatic carbocycles. The second-order valence-electron chi connectivity index (χ2n) is 10.2. The first kappa shape index (κ1) is 26.7. The largest absolute Gasteiger partial charge is 0.534 e. The molecule has 1 saturated heterocycles. The number of rotatable bonds is 5. The van der Waals surface area contributed by atoms with Gasteiger partial charge in [-0.25, -0.2) is 0 Å². The van der Waals surface area contributed by atoms with Gasteiger partial charge in [0.1, 0.15) is 18.2 Å². The van der Waals surface area contributed by atoms with Gasteiger partial charge in [0.15, 0.2) is 0 Å². The molecule has 3 rings (SSSR count). The SMILES string of the molecule is CC1=C(OS(=O)(=O)C(F)(F)F)C(C)(C)[C@]2(CC1)OCO[C@H]2[C@@H]1[C@@H](CO)CC[C@H](O)[C@@]1(C)CO. The Morgan fingerprint density at radius 1 is 1.18 bits per heavy atom. The second-order valence-corrected chi connectivity index (χ2v) is 11.7. The van der Waals surface area contributed by atoms with Crippen LogP contribution in [0, 0.1) is 22.7 Å². The molecule has 8 nitrogen and oxygen atoms in total. The van der Waals surface area contributed by atoms with Gasteiger partial charge in [0.25, 0.3) is 0 Å². The monoisotopic (exact) mass is 502 g/mol. The molecule has 0 aromatic carbocycles. The Hall–Kier alpha value is -0.920. The van der Waals surface area contributed by atoms with Crippen molar-refractivity contribution in [2.45, 2.75) is 76.7 Å². The molecule has 2 fully saturated rings. The zero-order valence-electron chi connectivity index (χ0n) is 19.2. The summed E-state index contributed by atoms with van der Waals surface area (Å²) >= 11 is 0. The van der Waals surface area contributed by atoms with Gasteiger partial charge in [-0.05, 0) is 57.9 Å². The van der Waals surface area contributed by atoms with Crippen LogP contribution in [0.15, 0.2) is 11.3 Å². The number of allylic oxidation sites excluding steroid dienone is 1. The van der Waals surface area contributed by atoms with Gasteiger partial charge in [-0.3, -0.25) is 0 Å². The molecule has 33 heavy (non-hydrogen) atoms. The first-order valence-electron chi connectivity index (χ1n) is 11.0. The quantitative estimate of drug-likeness (QED) is 0.387. The predicted molar refractivity (Wildman–Crippen MR) is 110 cm³/mol. The number of alkyl halides is 3. The molecule has 192 valence electrons. The molecule has 3 aliphatic rings. The van der Waals surface area contributed by atoms with Crippen LogP contribution in [0.4, 0.5) is 13.2 Å². The lowest BCUT2D eigenvalue weighted by Gasteiger charge is -2.56. The van der Waals surface area contributed by atoms with Gasteiger partial charge in [-0.2, -0.15) is 21.6 Å². The minimum Gasteiger partial charge on any atom is -0.396 e. The van der Waals surface area contributed by atoms with E-state index in [4.69, 9.17) is 9.47 Å². The zero-order chi connectivity index (χ0) is 25.0. The summed E-state index contributed by atoms with van der Waals surface area (Å²) in [6.45, 7) is 5.42. The van der Waals surface area contributed by atoms with Gasteiger partial charge in [-0.15, -0.1) is 0 Å². The third kappa shape index (κ3) is 4.00. The minimum atomic E-state index is -5.92. The first-order valence-corrected chi connectivity index (χ1v) is 12.4. The van der Waals surface area contributed by atoms with E-state index < -0.39 is 56.8 Å². The van der Waals surface area contributed by atoms with Gasteiger partial charge in [0.05, 0.1) is 24.2 Å². The van der Waals surface area contributed by atoms with E-state index in [9.17, 15) is 36.9 Å². The molecule has 12 heteroatoms. The standard InChI is InChI=1S/C21H33F3O8S/c1-12-7-8-20(18(2,3)16(12)32-33(28,29)21(22,23)24)17(30-11-31-20)15-13(9-25)5-6-14(27)19(15,4)10-26/h13-15,17,25-27H,5-11H2,1-4H3/t13-,14+,15+,17+,19-,20-/m1/s1. The fraction of sp³-hybridized carbons (Fsp3) is 0.905. The molecule has 0 aromatic rings. The zero-order valence-corrected chi connectivity index (χ0v) is 20.0. The molecular formula is C21H33F3O8S. The number of halogens is 3. The molecule has 0 radical (unpaired) electrons. The lowest BCUT2D eigenvalue weighted by atomic mass is 9.53. The minimum absolute atomic E-state index is 0.195. The molecular weight excluding hydrogens is 469 g/mol. The first-order chi connectivity index (χ1) is 15.1. The summed E-state index contributed by atoms with van der Waals surface area (Å²) in [5.41, 5.74) is -9.02. The molecule has 1 spiro atoms. The van der Waals surface area contributed by atoms with Crippen LogP contribution < -0.4 is 0 Å². The highest BCUT2D eigenvalue weighted by Crippen LogP contribution is 2.60. The van der Waals surface area contributed by atoms with Crippen LogP contribution in [0.25, 0.3) is 0 Å². The smallest absolute Gasteiger partial charge is 0.396 e. The van der Waals surface area contributed by atoms with Gasteiger partial charge in [0.2, 0.25) is 0 Å². The van der Waals surface area contributed by atoms with Crippen LogP contribution in [-0.2, 0) is 23.8 Å². The van der Waals surface area contributed by atoms with Crippen molar-refractivity contribution in [1.29, 1.82) is 0 Å². The van der Waals surface area contributed by atoms with Gasteiger partial charge in [-0.1, -0.05) is 6.92 Å². The fourth-order valence-electron chi connectivity index (χ4n) is 6.08. The lowest BCUT2D eigenvalue weighted by Crippen LogP contribution is -2.64. The van der Waals surface area contributed by atoms with Crippen molar-refractivity contribution in [2.24, 2.45) is 22.7 Å². The molecule has 0 unspecified atom stereocenters. The molecule has 6 atom stereocenters. The number of hydrogen-bond acceptors (Lipinski definition) is 8. The maximum Gasteiger partial charge on any atom is 0.534 e. The van der Waals surface area contributed by atoms with Gasteiger partial charge >= 0.3 is 15.6 Å². The van der Waals surface area contributed by atoms with Crippen molar-refractivity contribution in [3.8, 4) is 0 Å². The maximum absolute atomic E-state index is 13.1. The summed E-state index contributed by atoms with van der Waals surface area (Å²) in [7, 11) is -5.92. The van der Waals surface area contributed by atoms with E-state index >= 15 is 0 Å². The van der Waals surface area contributed by atoms with Crippen molar-refractivity contribution in [1.82, 2.24) is 0 Å². The third-order valence-corrected chi connectivity index (χ3v) is 9.08. The van der Waals surface area contributed by atoms with Crippen LogP contribution in [0.3, 0.4) is 0 Å². The van der Waals surface area contributed by atoms with E-state index in [-0.39, 0.29) is 31.5 Å². The summed E-state index contributed by atoms with van der Waals surface area (Å²) in [6, 6.07) is 0. The van der Waals surface area contributed by atoms with Crippen LogP contribution in [0.5, 0.6) is 0 Å². The maximum atomic E-state index is 13.1. The number of ether oxygens (including phenoxy) is 2. The van der Waals surface area contributed by atoms with Crippen molar-refractivity contribution < 1.29 is 50.6 Å². The number of aliphatic hydroxyl groups excluding tert-OH is 3. The van der Waals surface area contributed by atoms with E-state index in [1.165, 1.54) is 6.92 Å². The van der Waals surface area contributed by atoms with E-state index in [2.05, 4.69) is 4.18 Å². The molecule has 3 N–H and O–H groups in total.